The molecule has 1 fully saturated rings. The lowest BCUT2D eigenvalue weighted by Gasteiger charge is -2.27. The summed E-state index contributed by atoms with van der Waals surface area (Å²) >= 11 is 1.58. The van der Waals surface area contributed by atoms with Gasteiger partial charge in [0, 0.05) is 0 Å². The predicted octanol–water partition coefficient (Wildman–Crippen LogP) is 1.04. The molecule has 4 nitrogen and oxygen atoms in total. The van der Waals surface area contributed by atoms with E-state index in [4.69, 9.17) is 4.74 Å². The maximum atomic E-state index is 11.1. The van der Waals surface area contributed by atoms with Crippen molar-refractivity contribution in [1.29, 1.82) is 0 Å². The molecule has 5 heteroatoms. The van der Waals surface area contributed by atoms with Crippen LogP contribution in [-0.4, -0.2) is 29.0 Å². The Balaban J connectivity index is 1.59. The van der Waals surface area contributed by atoms with Gasteiger partial charge in [0.2, 0.25) is 5.91 Å². The molecule has 2 atom stereocenters. The molecule has 3 rings (SSSR count). The number of rotatable bonds is 3. The normalized spacial score (nSPS) is 26.5. The molecule has 1 N–H and O–H groups in total. The van der Waals surface area contributed by atoms with Gasteiger partial charge in [0.05, 0.1) is 0 Å². The van der Waals surface area contributed by atoms with Crippen LogP contribution < -0.4 is 10.1 Å². The molecule has 1 aromatic rings. The summed E-state index contributed by atoms with van der Waals surface area (Å²) in [5, 5.41) is 3.81. The van der Waals surface area contributed by atoms with Crippen molar-refractivity contribution in [1.82, 2.24) is 5.32 Å². The van der Waals surface area contributed by atoms with E-state index in [-0.39, 0.29) is 17.3 Å². The summed E-state index contributed by atoms with van der Waals surface area (Å²) in [6, 6.07) is 9.41. The van der Waals surface area contributed by atoms with Crippen molar-refractivity contribution in [2.24, 2.45) is 4.99 Å². The zero-order valence-electron chi connectivity index (χ0n) is 8.42. The first kappa shape index (κ1) is 9.72. The minimum atomic E-state index is -0.181. The molecule has 2 heterocycles. The Labute approximate surface area is 97.1 Å². The summed E-state index contributed by atoms with van der Waals surface area (Å²) in [7, 11) is 0. The van der Waals surface area contributed by atoms with E-state index in [1.165, 1.54) is 0 Å². The van der Waals surface area contributed by atoms with E-state index in [1.807, 2.05) is 30.3 Å². The van der Waals surface area contributed by atoms with Crippen molar-refractivity contribution >= 4 is 22.7 Å². The number of ether oxygens (including phenoxy) is 1. The van der Waals surface area contributed by atoms with E-state index in [1.54, 1.807) is 11.8 Å². The number of carbonyl (C=O) groups excluding carboxylic acids is 1. The topological polar surface area (TPSA) is 50.7 Å². The van der Waals surface area contributed by atoms with Crippen LogP contribution in [0.15, 0.2) is 35.3 Å². The summed E-state index contributed by atoms with van der Waals surface area (Å²) in [5.74, 6) is 0.844. The maximum absolute atomic E-state index is 11.1. The number of nitrogens with zero attached hydrogens (tertiary/aromatic N) is 1. The quantitative estimate of drug-likeness (QED) is 0.795. The lowest BCUT2D eigenvalue weighted by atomic mass is 10.2. The van der Waals surface area contributed by atoms with E-state index in [9.17, 15) is 4.79 Å². The first-order valence-corrected chi connectivity index (χ1v) is 5.92. The third-order valence-corrected chi connectivity index (χ3v) is 3.62. The first-order valence-electron chi connectivity index (χ1n) is 5.04. The molecule has 1 aromatic carbocycles. The zero-order valence-corrected chi connectivity index (χ0v) is 9.24. The van der Waals surface area contributed by atoms with Gasteiger partial charge in [-0.25, -0.2) is 0 Å². The van der Waals surface area contributed by atoms with Crippen LogP contribution in [0.4, 0.5) is 0 Å². The van der Waals surface area contributed by atoms with Crippen molar-refractivity contribution in [2.45, 2.75) is 11.4 Å². The van der Waals surface area contributed by atoms with Crippen LogP contribution in [0.5, 0.6) is 5.75 Å². The second-order valence-corrected chi connectivity index (χ2v) is 4.83. The van der Waals surface area contributed by atoms with E-state index >= 15 is 0 Å². The Kier molecular flexibility index (Phi) is 2.32. The molecule has 82 valence electrons. The third kappa shape index (κ3) is 1.67. The number of hydrogen-bond donors (Lipinski definition) is 1. The van der Waals surface area contributed by atoms with Gasteiger partial charge < -0.3 is 10.1 Å². The molecule has 1 saturated heterocycles. The number of aliphatic imine (C=N–C) groups is 1. The van der Waals surface area contributed by atoms with E-state index in [2.05, 4.69) is 10.3 Å². The van der Waals surface area contributed by atoms with Crippen molar-refractivity contribution in [3.63, 3.8) is 0 Å². The monoisotopic (exact) mass is 234 g/mol. The summed E-state index contributed by atoms with van der Waals surface area (Å²) in [6.45, 7) is 0.441. The molecule has 0 spiro atoms. The van der Waals surface area contributed by atoms with Crippen molar-refractivity contribution < 1.29 is 9.53 Å². The molecule has 16 heavy (non-hydrogen) atoms. The maximum Gasteiger partial charge on any atom is 0.248 e. The minimum Gasteiger partial charge on any atom is -0.487 e. The van der Waals surface area contributed by atoms with Crippen LogP contribution in [0, 0.1) is 0 Å². The van der Waals surface area contributed by atoms with Crippen LogP contribution in [0.3, 0.4) is 0 Å². The number of carbonyl (C=O) groups is 1. The fourth-order valence-electron chi connectivity index (χ4n) is 1.63. The molecule has 1 amide bonds. The van der Waals surface area contributed by atoms with Gasteiger partial charge >= 0.3 is 0 Å². The summed E-state index contributed by atoms with van der Waals surface area (Å²) in [4.78, 5) is 15.4. The van der Waals surface area contributed by atoms with Crippen LogP contribution in [0.25, 0.3) is 0 Å². The SMILES string of the molecule is O=C1NC2SC(COc3ccccc3)=NC12. The van der Waals surface area contributed by atoms with Crippen LogP contribution in [-0.2, 0) is 4.79 Å². The van der Waals surface area contributed by atoms with Crippen LogP contribution in [0.1, 0.15) is 0 Å². The Bertz CT molecular complexity index is 447. The Morgan fingerprint density at radius 2 is 2.19 bits per heavy atom. The molecular weight excluding hydrogens is 224 g/mol. The fraction of sp³-hybridized carbons (Fsp3) is 0.273. The molecule has 0 aromatic heterocycles. The Morgan fingerprint density at radius 1 is 1.38 bits per heavy atom. The average Bonchev–Trinajstić information content (AvgIpc) is 2.65. The summed E-state index contributed by atoms with van der Waals surface area (Å²) in [5.41, 5.74) is 0. The summed E-state index contributed by atoms with van der Waals surface area (Å²) in [6.07, 6.45) is 0. The Morgan fingerprint density at radius 3 is 2.88 bits per heavy atom. The van der Waals surface area contributed by atoms with Gasteiger partial charge in [0.15, 0.2) is 6.04 Å². The van der Waals surface area contributed by atoms with E-state index in [0.29, 0.717) is 6.61 Å². The van der Waals surface area contributed by atoms with Crippen LogP contribution in [0.2, 0.25) is 0 Å². The smallest absolute Gasteiger partial charge is 0.248 e. The highest BCUT2D eigenvalue weighted by atomic mass is 32.2. The van der Waals surface area contributed by atoms with E-state index < -0.39 is 0 Å². The average molecular weight is 234 g/mol. The van der Waals surface area contributed by atoms with Gasteiger partial charge in [0.1, 0.15) is 22.8 Å². The molecule has 2 unspecified atom stereocenters. The summed E-state index contributed by atoms with van der Waals surface area (Å²) < 4.78 is 5.56. The van der Waals surface area contributed by atoms with Gasteiger partial charge in [-0.05, 0) is 12.1 Å². The molecule has 0 aliphatic carbocycles. The number of nitrogens with one attached hydrogen (secondary N) is 1. The zero-order chi connectivity index (χ0) is 11.0. The largest absolute Gasteiger partial charge is 0.487 e. The van der Waals surface area contributed by atoms with Gasteiger partial charge in [-0.2, -0.15) is 0 Å². The first-order chi connectivity index (χ1) is 7.83. The fourth-order valence-corrected chi connectivity index (χ4v) is 2.71. The predicted molar refractivity (Wildman–Crippen MR) is 62.7 cm³/mol. The molecule has 0 radical (unpaired) electrons. The number of fused-ring (bicyclic) bond motifs is 1. The van der Waals surface area contributed by atoms with Crippen LogP contribution >= 0.6 is 11.8 Å². The lowest BCUT2D eigenvalue weighted by Crippen LogP contribution is -2.57. The highest BCUT2D eigenvalue weighted by Crippen LogP contribution is 2.31. The number of benzene rings is 1. The van der Waals surface area contributed by atoms with Crippen molar-refractivity contribution in [3.8, 4) is 5.75 Å². The standard InChI is InChI=1S/C11H10N2O2S/c14-10-9-11(13-10)16-8(12-9)6-15-7-4-2-1-3-5-7/h1-5,9,11H,6H2,(H,13,14). The highest BCUT2D eigenvalue weighted by Gasteiger charge is 2.44. The molecule has 2 aliphatic heterocycles. The second-order valence-electron chi connectivity index (χ2n) is 3.62. The van der Waals surface area contributed by atoms with Gasteiger partial charge in [-0.3, -0.25) is 9.79 Å². The third-order valence-electron chi connectivity index (χ3n) is 2.49. The van der Waals surface area contributed by atoms with Gasteiger partial charge in [-0.1, -0.05) is 30.0 Å². The number of thioether (sulfide) groups is 1. The molecular formula is C11H10N2O2S. The lowest BCUT2D eigenvalue weighted by molar-refractivity contribution is -0.127. The van der Waals surface area contributed by atoms with E-state index in [0.717, 1.165) is 10.8 Å². The second kappa shape index (κ2) is 3.83. The highest BCUT2D eigenvalue weighted by molar-refractivity contribution is 8.15. The van der Waals surface area contributed by atoms with Gasteiger partial charge in [0.25, 0.3) is 0 Å². The Hall–Kier alpha value is -1.49. The molecule has 2 aliphatic rings. The molecule has 0 saturated carbocycles. The number of β-lactam (4-membered cyclic amide) rings is 1. The number of para-hydroxylation sites is 1. The number of hydrogen-bond acceptors (Lipinski definition) is 4. The number of amides is 1. The minimum absolute atomic E-state index is 0.0206. The van der Waals surface area contributed by atoms with Crippen molar-refractivity contribution in [2.75, 3.05) is 6.61 Å². The van der Waals surface area contributed by atoms with Gasteiger partial charge in [-0.15, -0.1) is 0 Å². The van der Waals surface area contributed by atoms with Crippen molar-refractivity contribution in [3.05, 3.63) is 30.3 Å². The molecule has 0 bridgehead atoms.